The van der Waals surface area contributed by atoms with Gasteiger partial charge < -0.3 is 10.7 Å². The van der Waals surface area contributed by atoms with E-state index in [1.54, 1.807) is 6.20 Å². The minimum absolute atomic E-state index is 0.0268. The van der Waals surface area contributed by atoms with Crippen LogP contribution in [0.4, 0.5) is 0 Å². The molecule has 0 spiro atoms. The highest BCUT2D eigenvalue weighted by Crippen LogP contribution is 2.21. The SMILES string of the molecule is CCC(N)c1ncc(-c2ccc(Cl)cc2)[nH]1. The second kappa shape index (κ2) is 4.68. The molecule has 0 aliphatic heterocycles. The summed E-state index contributed by atoms with van der Waals surface area (Å²) in [5, 5.41) is 0.730. The fourth-order valence-electron chi connectivity index (χ4n) is 1.49. The summed E-state index contributed by atoms with van der Waals surface area (Å²) < 4.78 is 0. The Balaban J connectivity index is 2.28. The van der Waals surface area contributed by atoms with Gasteiger partial charge in [0.1, 0.15) is 5.82 Å². The van der Waals surface area contributed by atoms with Gasteiger partial charge in [-0.25, -0.2) is 4.98 Å². The summed E-state index contributed by atoms with van der Waals surface area (Å²) in [5.41, 5.74) is 7.92. The lowest BCUT2D eigenvalue weighted by Gasteiger charge is -2.03. The molecule has 0 aliphatic carbocycles. The predicted octanol–water partition coefficient (Wildman–Crippen LogP) is 3.14. The van der Waals surface area contributed by atoms with Crippen LogP contribution in [0.3, 0.4) is 0 Å². The molecule has 3 nitrogen and oxygen atoms in total. The summed E-state index contributed by atoms with van der Waals surface area (Å²) >= 11 is 5.83. The van der Waals surface area contributed by atoms with Crippen LogP contribution in [0.1, 0.15) is 25.2 Å². The van der Waals surface area contributed by atoms with E-state index in [0.717, 1.165) is 28.5 Å². The maximum absolute atomic E-state index is 5.89. The molecule has 1 aromatic carbocycles. The fourth-order valence-corrected chi connectivity index (χ4v) is 1.62. The van der Waals surface area contributed by atoms with E-state index in [1.165, 1.54) is 0 Å². The average molecular weight is 236 g/mol. The molecular weight excluding hydrogens is 222 g/mol. The van der Waals surface area contributed by atoms with Crippen LogP contribution in [0.15, 0.2) is 30.5 Å². The number of rotatable bonds is 3. The summed E-state index contributed by atoms with van der Waals surface area (Å²) in [7, 11) is 0. The Hall–Kier alpha value is -1.32. The molecule has 0 radical (unpaired) electrons. The lowest BCUT2D eigenvalue weighted by Crippen LogP contribution is -2.10. The highest BCUT2D eigenvalue weighted by molar-refractivity contribution is 6.30. The molecule has 2 aromatic rings. The topological polar surface area (TPSA) is 54.7 Å². The zero-order valence-corrected chi connectivity index (χ0v) is 9.83. The van der Waals surface area contributed by atoms with Crippen molar-refractivity contribution in [2.75, 3.05) is 0 Å². The molecule has 0 aliphatic rings. The largest absolute Gasteiger partial charge is 0.341 e. The molecule has 0 bridgehead atoms. The highest BCUT2D eigenvalue weighted by Gasteiger charge is 2.08. The number of nitrogens with one attached hydrogen (secondary N) is 1. The van der Waals surface area contributed by atoms with E-state index in [0.29, 0.717) is 0 Å². The Morgan fingerprint density at radius 2 is 2.06 bits per heavy atom. The number of aromatic nitrogens is 2. The van der Waals surface area contributed by atoms with Crippen LogP contribution < -0.4 is 5.73 Å². The van der Waals surface area contributed by atoms with Crippen molar-refractivity contribution in [3.05, 3.63) is 41.3 Å². The molecule has 1 aromatic heterocycles. The van der Waals surface area contributed by atoms with E-state index in [4.69, 9.17) is 17.3 Å². The zero-order valence-electron chi connectivity index (χ0n) is 9.07. The number of hydrogen-bond donors (Lipinski definition) is 2. The molecule has 2 rings (SSSR count). The van der Waals surface area contributed by atoms with Crippen molar-refractivity contribution in [1.29, 1.82) is 0 Å². The summed E-state index contributed by atoms with van der Waals surface area (Å²) in [6.07, 6.45) is 2.67. The number of nitrogens with zero attached hydrogens (tertiary/aromatic N) is 1. The molecule has 84 valence electrons. The number of nitrogens with two attached hydrogens (primary N) is 1. The van der Waals surface area contributed by atoms with Crippen molar-refractivity contribution in [1.82, 2.24) is 9.97 Å². The van der Waals surface area contributed by atoms with Gasteiger partial charge in [-0.1, -0.05) is 30.7 Å². The molecule has 1 unspecified atom stereocenters. The molecule has 0 fully saturated rings. The third-order valence-electron chi connectivity index (χ3n) is 2.54. The highest BCUT2D eigenvalue weighted by atomic mass is 35.5. The Kier molecular flexibility index (Phi) is 3.27. The molecule has 0 saturated carbocycles. The Morgan fingerprint density at radius 1 is 1.38 bits per heavy atom. The molecule has 0 saturated heterocycles. The summed E-state index contributed by atoms with van der Waals surface area (Å²) in [6.45, 7) is 2.04. The smallest absolute Gasteiger partial charge is 0.123 e. The van der Waals surface area contributed by atoms with Gasteiger partial charge in [-0.2, -0.15) is 0 Å². The number of benzene rings is 1. The number of aromatic amines is 1. The maximum atomic E-state index is 5.89. The van der Waals surface area contributed by atoms with Crippen molar-refractivity contribution in [3.63, 3.8) is 0 Å². The van der Waals surface area contributed by atoms with Crippen molar-refractivity contribution in [2.45, 2.75) is 19.4 Å². The van der Waals surface area contributed by atoms with Gasteiger partial charge in [-0.3, -0.25) is 0 Å². The molecule has 4 heteroatoms. The zero-order chi connectivity index (χ0) is 11.5. The van der Waals surface area contributed by atoms with Crippen LogP contribution in [0.25, 0.3) is 11.3 Å². The maximum Gasteiger partial charge on any atom is 0.123 e. The quantitative estimate of drug-likeness (QED) is 0.859. The van der Waals surface area contributed by atoms with E-state index in [-0.39, 0.29) is 6.04 Å². The van der Waals surface area contributed by atoms with Gasteiger partial charge in [0.15, 0.2) is 0 Å². The van der Waals surface area contributed by atoms with Gasteiger partial charge in [-0.05, 0) is 24.1 Å². The molecular formula is C12H14ClN3. The number of halogens is 1. The van der Waals surface area contributed by atoms with Crippen LogP contribution in [0.5, 0.6) is 0 Å². The Morgan fingerprint density at radius 3 is 2.69 bits per heavy atom. The second-order valence-electron chi connectivity index (χ2n) is 3.70. The van der Waals surface area contributed by atoms with Crippen molar-refractivity contribution < 1.29 is 0 Å². The first-order valence-corrected chi connectivity index (χ1v) is 5.65. The van der Waals surface area contributed by atoms with Gasteiger partial charge in [0.25, 0.3) is 0 Å². The van der Waals surface area contributed by atoms with Gasteiger partial charge in [0, 0.05) is 5.02 Å². The molecule has 16 heavy (non-hydrogen) atoms. The minimum Gasteiger partial charge on any atom is -0.341 e. The first-order chi connectivity index (χ1) is 7.70. The van der Waals surface area contributed by atoms with Gasteiger partial charge in [0.2, 0.25) is 0 Å². The van der Waals surface area contributed by atoms with Crippen molar-refractivity contribution >= 4 is 11.6 Å². The minimum atomic E-state index is -0.0268. The normalized spacial score (nSPS) is 12.7. The standard InChI is InChI=1S/C12H14ClN3/c1-2-10(14)12-15-7-11(16-12)8-3-5-9(13)6-4-8/h3-7,10H,2,14H2,1H3,(H,15,16). The van der Waals surface area contributed by atoms with E-state index in [2.05, 4.69) is 9.97 Å². The second-order valence-corrected chi connectivity index (χ2v) is 4.14. The van der Waals surface area contributed by atoms with E-state index >= 15 is 0 Å². The Bertz CT molecular complexity index is 461. The summed E-state index contributed by atoms with van der Waals surface area (Å²) in [4.78, 5) is 7.49. The molecule has 1 heterocycles. The first kappa shape index (κ1) is 11.2. The third-order valence-corrected chi connectivity index (χ3v) is 2.79. The molecule has 1 atom stereocenters. The van der Waals surface area contributed by atoms with Crippen LogP contribution in [0, 0.1) is 0 Å². The van der Waals surface area contributed by atoms with Gasteiger partial charge in [-0.15, -0.1) is 0 Å². The number of hydrogen-bond acceptors (Lipinski definition) is 2. The number of H-pyrrole nitrogens is 1. The molecule has 3 N–H and O–H groups in total. The average Bonchev–Trinajstić information content (AvgIpc) is 2.78. The van der Waals surface area contributed by atoms with Crippen LogP contribution in [0.2, 0.25) is 5.02 Å². The first-order valence-electron chi connectivity index (χ1n) is 5.27. The fraction of sp³-hybridized carbons (Fsp3) is 0.250. The predicted molar refractivity (Wildman–Crippen MR) is 66.3 cm³/mol. The van der Waals surface area contributed by atoms with E-state index < -0.39 is 0 Å². The van der Waals surface area contributed by atoms with Gasteiger partial charge >= 0.3 is 0 Å². The van der Waals surface area contributed by atoms with Crippen molar-refractivity contribution in [3.8, 4) is 11.3 Å². The monoisotopic (exact) mass is 235 g/mol. The summed E-state index contributed by atoms with van der Waals surface area (Å²) in [5.74, 6) is 0.826. The van der Waals surface area contributed by atoms with Crippen LogP contribution in [-0.4, -0.2) is 9.97 Å². The van der Waals surface area contributed by atoms with Crippen LogP contribution >= 0.6 is 11.6 Å². The lowest BCUT2D eigenvalue weighted by atomic mass is 10.2. The van der Waals surface area contributed by atoms with Gasteiger partial charge in [0.05, 0.1) is 17.9 Å². The Labute approximate surface area is 99.7 Å². The van der Waals surface area contributed by atoms with Crippen molar-refractivity contribution in [2.24, 2.45) is 5.73 Å². The van der Waals surface area contributed by atoms with E-state index in [1.807, 2.05) is 31.2 Å². The number of imidazole rings is 1. The summed E-state index contributed by atoms with van der Waals surface area (Å²) in [6, 6.07) is 7.60. The molecule has 0 amide bonds. The van der Waals surface area contributed by atoms with Crippen LogP contribution in [-0.2, 0) is 0 Å². The third kappa shape index (κ3) is 2.26. The lowest BCUT2D eigenvalue weighted by molar-refractivity contribution is 0.658. The van der Waals surface area contributed by atoms with E-state index in [9.17, 15) is 0 Å².